The molecule has 0 aliphatic carbocycles. The maximum absolute atomic E-state index is 12.2. The molecule has 0 unspecified atom stereocenters. The fraction of sp³-hybridized carbons (Fsp3) is 0.211. The van der Waals surface area contributed by atoms with E-state index < -0.39 is 18.5 Å². The highest BCUT2D eigenvalue weighted by Crippen LogP contribution is 2.31. The minimum absolute atomic E-state index is 0.0920. The van der Waals surface area contributed by atoms with Crippen LogP contribution in [0, 0.1) is 0 Å². The van der Waals surface area contributed by atoms with Crippen molar-refractivity contribution in [2.24, 2.45) is 0 Å². The monoisotopic (exact) mass is 386 g/mol. The number of methoxy groups -OCH3 is 1. The lowest BCUT2D eigenvalue weighted by atomic mass is 10.2. The Hall–Kier alpha value is -3.00. The summed E-state index contributed by atoms with van der Waals surface area (Å²) in [5.74, 6) is 0.186. The highest BCUT2D eigenvalue weighted by atomic mass is 32.2. The largest absolute Gasteiger partial charge is 0.497 e. The molecule has 0 saturated carbocycles. The Labute approximate surface area is 160 Å². The molecular formula is C19H18N2O5S. The van der Waals surface area contributed by atoms with Crippen LogP contribution in [-0.2, 0) is 14.3 Å². The molecule has 2 aromatic carbocycles. The van der Waals surface area contributed by atoms with E-state index in [2.05, 4.69) is 10.6 Å². The van der Waals surface area contributed by atoms with Crippen molar-refractivity contribution in [1.29, 1.82) is 0 Å². The van der Waals surface area contributed by atoms with E-state index in [1.54, 1.807) is 61.3 Å². The topological polar surface area (TPSA) is 93.7 Å². The second-order valence-corrected chi connectivity index (χ2v) is 6.85. The standard InChI is InChI=1S/C19H18N2O5S/c1-25-14-5-3-13(4-6-14)20-18(23)11-26-19(24)12-2-7-16-15(10-12)21-17(22)8-9-27-16/h2-7,10H,8-9,11H2,1H3,(H,20,23)(H,21,22). The van der Waals surface area contributed by atoms with Crippen LogP contribution in [0.25, 0.3) is 0 Å². The van der Waals surface area contributed by atoms with E-state index in [1.165, 1.54) is 0 Å². The van der Waals surface area contributed by atoms with Gasteiger partial charge in [-0.05, 0) is 42.5 Å². The number of ether oxygens (including phenoxy) is 2. The predicted molar refractivity (Wildman–Crippen MR) is 102 cm³/mol. The van der Waals surface area contributed by atoms with Gasteiger partial charge in [-0.1, -0.05) is 0 Å². The number of carbonyl (C=O) groups is 3. The third kappa shape index (κ3) is 5.01. The van der Waals surface area contributed by atoms with Gasteiger partial charge in [-0.2, -0.15) is 0 Å². The number of nitrogens with one attached hydrogen (secondary N) is 2. The molecule has 3 rings (SSSR count). The Bertz CT molecular complexity index is 867. The average Bonchev–Trinajstić information content (AvgIpc) is 2.86. The van der Waals surface area contributed by atoms with Gasteiger partial charge in [0, 0.05) is 22.8 Å². The van der Waals surface area contributed by atoms with Crippen LogP contribution < -0.4 is 15.4 Å². The summed E-state index contributed by atoms with van der Waals surface area (Å²) in [6.45, 7) is -0.414. The van der Waals surface area contributed by atoms with E-state index in [1.807, 2.05) is 0 Å². The number of anilines is 2. The van der Waals surface area contributed by atoms with Crippen molar-refractivity contribution in [2.75, 3.05) is 30.1 Å². The van der Waals surface area contributed by atoms with E-state index >= 15 is 0 Å². The number of benzene rings is 2. The Balaban J connectivity index is 1.57. The lowest BCUT2D eigenvalue weighted by molar-refractivity contribution is -0.119. The SMILES string of the molecule is COc1ccc(NC(=O)COC(=O)c2ccc3c(c2)NC(=O)CCS3)cc1. The van der Waals surface area contributed by atoms with E-state index in [0.29, 0.717) is 29.3 Å². The quantitative estimate of drug-likeness (QED) is 0.768. The van der Waals surface area contributed by atoms with Crippen LogP contribution in [-0.4, -0.2) is 37.3 Å². The molecule has 0 radical (unpaired) electrons. The van der Waals surface area contributed by atoms with Crippen LogP contribution in [0.2, 0.25) is 0 Å². The van der Waals surface area contributed by atoms with Crippen LogP contribution in [0.3, 0.4) is 0 Å². The summed E-state index contributed by atoms with van der Waals surface area (Å²) >= 11 is 1.55. The molecule has 0 spiro atoms. The maximum Gasteiger partial charge on any atom is 0.338 e. The molecule has 0 aromatic heterocycles. The summed E-state index contributed by atoms with van der Waals surface area (Å²) in [5.41, 5.74) is 1.43. The van der Waals surface area contributed by atoms with E-state index in [9.17, 15) is 14.4 Å². The van der Waals surface area contributed by atoms with Crippen LogP contribution in [0.5, 0.6) is 5.75 Å². The molecule has 8 heteroatoms. The van der Waals surface area contributed by atoms with Gasteiger partial charge in [0.1, 0.15) is 5.75 Å². The number of esters is 1. The first-order valence-electron chi connectivity index (χ1n) is 8.23. The number of thioether (sulfide) groups is 1. The highest BCUT2D eigenvalue weighted by molar-refractivity contribution is 7.99. The summed E-state index contributed by atoms with van der Waals surface area (Å²) in [5, 5.41) is 5.40. The number of hydrogen-bond donors (Lipinski definition) is 2. The Morgan fingerprint density at radius 3 is 2.70 bits per heavy atom. The van der Waals surface area contributed by atoms with E-state index in [4.69, 9.17) is 9.47 Å². The summed E-state index contributed by atoms with van der Waals surface area (Å²) in [6.07, 6.45) is 0.421. The zero-order valence-electron chi connectivity index (χ0n) is 14.6. The molecule has 0 bridgehead atoms. The molecule has 1 aliphatic rings. The lowest BCUT2D eigenvalue weighted by Crippen LogP contribution is -2.21. The van der Waals surface area contributed by atoms with Gasteiger partial charge in [-0.3, -0.25) is 9.59 Å². The molecule has 1 aliphatic heterocycles. The number of fused-ring (bicyclic) bond motifs is 1. The van der Waals surface area contributed by atoms with Gasteiger partial charge in [0.05, 0.1) is 18.4 Å². The fourth-order valence-electron chi connectivity index (χ4n) is 2.43. The first kappa shape index (κ1) is 18.8. The third-order valence-electron chi connectivity index (χ3n) is 3.78. The van der Waals surface area contributed by atoms with Crippen molar-refractivity contribution in [2.45, 2.75) is 11.3 Å². The average molecular weight is 386 g/mol. The molecule has 140 valence electrons. The van der Waals surface area contributed by atoms with Gasteiger partial charge in [0.2, 0.25) is 5.91 Å². The van der Waals surface area contributed by atoms with Crippen LogP contribution >= 0.6 is 11.8 Å². The van der Waals surface area contributed by atoms with Crippen molar-refractivity contribution >= 4 is 40.9 Å². The Kier molecular flexibility index (Phi) is 5.97. The van der Waals surface area contributed by atoms with Crippen LogP contribution in [0.4, 0.5) is 11.4 Å². The first-order chi connectivity index (χ1) is 13.0. The van der Waals surface area contributed by atoms with Crippen molar-refractivity contribution < 1.29 is 23.9 Å². The molecule has 2 aromatic rings. The van der Waals surface area contributed by atoms with Crippen LogP contribution in [0.15, 0.2) is 47.4 Å². The molecule has 27 heavy (non-hydrogen) atoms. The summed E-state index contributed by atoms with van der Waals surface area (Å²) < 4.78 is 10.1. The number of carbonyl (C=O) groups excluding carboxylic acids is 3. The minimum atomic E-state index is -0.633. The van der Waals surface area contributed by atoms with Gasteiger partial charge >= 0.3 is 5.97 Å². The number of hydrogen-bond acceptors (Lipinski definition) is 6. The molecule has 0 atom stereocenters. The highest BCUT2D eigenvalue weighted by Gasteiger charge is 2.17. The molecule has 0 fully saturated rings. The van der Waals surface area contributed by atoms with Crippen molar-refractivity contribution in [3.05, 3.63) is 48.0 Å². The van der Waals surface area contributed by atoms with Crippen LogP contribution in [0.1, 0.15) is 16.8 Å². The smallest absolute Gasteiger partial charge is 0.338 e. The molecule has 0 saturated heterocycles. The van der Waals surface area contributed by atoms with Gasteiger partial charge in [-0.15, -0.1) is 11.8 Å². The number of amides is 2. The number of rotatable bonds is 5. The first-order valence-corrected chi connectivity index (χ1v) is 9.21. The molecule has 7 nitrogen and oxygen atoms in total. The summed E-state index contributed by atoms with van der Waals surface area (Å²) in [4.78, 5) is 36.7. The third-order valence-corrected chi connectivity index (χ3v) is 4.86. The lowest BCUT2D eigenvalue weighted by Gasteiger charge is -2.10. The van der Waals surface area contributed by atoms with Gasteiger partial charge in [-0.25, -0.2) is 4.79 Å². The van der Waals surface area contributed by atoms with Gasteiger partial charge < -0.3 is 20.1 Å². The molecular weight excluding hydrogens is 368 g/mol. The fourth-order valence-corrected chi connectivity index (χ4v) is 3.37. The van der Waals surface area contributed by atoms with Crippen molar-refractivity contribution in [3.8, 4) is 5.75 Å². The van der Waals surface area contributed by atoms with Gasteiger partial charge in [0.15, 0.2) is 6.61 Å². The second-order valence-electron chi connectivity index (χ2n) is 5.71. The Morgan fingerprint density at radius 2 is 1.96 bits per heavy atom. The Morgan fingerprint density at radius 1 is 1.19 bits per heavy atom. The normalized spacial score (nSPS) is 13.0. The second kappa shape index (κ2) is 8.59. The minimum Gasteiger partial charge on any atom is -0.497 e. The molecule has 2 N–H and O–H groups in total. The maximum atomic E-state index is 12.2. The summed E-state index contributed by atoms with van der Waals surface area (Å²) in [6, 6.07) is 11.7. The van der Waals surface area contributed by atoms with Crippen molar-refractivity contribution in [1.82, 2.24) is 0 Å². The zero-order valence-corrected chi connectivity index (χ0v) is 15.4. The van der Waals surface area contributed by atoms with E-state index in [-0.39, 0.29) is 11.5 Å². The molecule has 2 amide bonds. The van der Waals surface area contributed by atoms with Crippen molar-refractivity contribution in [3.63, 3.8) is 0 Å². The van der Waals surface area contributed by atoms with Gasteiger partial charge in [0.25, 0.3) is 5.91 Å². The predicted octanol–water partition coefficient (Wildman–Crippen LogP) is 2.93. The zero-order chi connectivity index (χ0) is 19.2. The van der Waals surface area contributed by atoms with E-state index in [0.717, 1.165) is 4.90 Å². The summed E-state index contributed by atoms with van der Waals surface area (Å²) in [7, 11) is 1.56. The molecule has 1 heterocycles.